The van der Waals surface area contributed by atoms with Crippen LogP contribution in [-0.2, 0) is 19.2 Å². The third kappa shape index (κ3) is 16.6. The molecule has 0 aromatic heterocycles. The fourth-order valence-corrected chi connectivity index (χ4v) is 0.551. The van der Waals surface area contributed by atoms with Crippen LogP contribution in [0.25, 0.3) is 0 Å². The van der Waals surface area contributed by atoms with E-state index in [0.29, 0.717) is 0 Å². The van der Waals surface area contributed by atoms with Gasteiger partial charge in [0, 0.05) is 0 Å². The van der Waals surface area contributed by atoms with Gasteiger partial charge in [-0.25, -0.2) is 0 Å². The first-order valence-electron chi connectivity index (χ1n) is 4.48. The molecule has 2 unspecified atom stereocenters. The number of hydrogen-bond donors (Lipinski definition) is 6. The molecule has 0 saturated heterocycles. The number of carbonyl (C=O) groups is 4. The van der Waals surface area contributed by atoms with Gasteiger partial charge in [-0.15, -0.1) is 0 Å². The molecule has 11 heteroatoms. The maximum absolute atomic E-state index is 9.85. The summed E-state index contributed by atoms with van der Waals surface area (Å²) in [5, 5.41) is 32.1. The number of aliphatic carboxylic acids is 4. The molecule has 0 radical (unpaired) electrons. The standard InChI is InChI=1S/2C4H7NO4.Mg/c2*5-2(4(8)9)1-3(6)7;/h2*2H,1,5H2,(H,6,7)(H,8,9);/q;;+2. The second kappa shape index (κ2) is 11.6. The first-order valence-corrected chi connectivity index (χ1v) is 4.48. The maximum Gasteiger partial charge on any atom is 2.00 e. The van der Waals surface area contributed by atoms with Crippen molar-refractivity contribution >= 4 is 46.9 Å². The van der Waals surface area contributed by atoms with Crippen LogP contribution in [0.2, 0.25) is 0 Å². The van der Waals surface area contributed by atoms with Gasteiger partial charge in [0.2, 0.25) is 0 Å². The summed E-state index contributed by atoms with van der Waals surface area (Å²) in [6, 6.07) is -2.58. The Balaban J connectivity index is -0.000000256. The van der Waals surface area contributed by atoms with Crippen LogP contribution >= 0.6 is 0 Å². The van der Waals surface area contributed by atoms with Crippen molar-refractivity contribution in [1.82, 2.24) is 0 Å². The summed E-state index contributed by atoms with van der Waals surface area (Å²) in [6.45, 7) is 0. The van der Waals surface area contributed by atoms with Gasteiger partial charge in [0.1, 0.15) is 12.1 Å². The molecule has 8 N–H and O–H groups in total. The molecule has 0 amide bonds. The van der Waals surface area contributed by atoms with E-state index in [1.54, 1.807) is 0 Å². The van der Waals surface area contributed by atoms with Crippen LogP contribution < -0.4 is 11.5 Å². The minimum absolute atomic E-state index is 0. The Hall–Kier alpha value is -1.43. The molecule has 0 aliphatic carbocycles. The molecule has 0 heterocycles. The van der Waals surface area contributed by atoms with E-state index in [1.807, 2.05) is 0 Å². The van der Waals surface area contributed by atoms with E-state index in [2.05, 4.69) is 0 Å². The minimum Gasteiger partial charge on any atom is -0.481 e. The van der Waals surface area contributed by atoms with Crippen molar-refractivity contribution in [2.75, 3.05) is 0 Å². The summed E-state index contributed by atoms with van der Waals surface area (Å²) < 4.78 is 0. The van der Waals surface area contributed by atoms with Gasteiger partial charge in [-0.05, 0) is 0 Å². The van der Waals surface area contributed by atoms with Gasteiger partial charge in [-0.1, -0.05) is 0 Å². The Bertz CT molecular complexity index is 303. The van der Waals surface area contributed by atoms with E-state index in [0.717, 1.165) is 0 Å². The first kappa shape index (κ1) is 22.7. The van der Waals surface area contributed by atoms with E-state index < -0.39 is 48.8 Å². The SMILES string of the molecule is NC(CC(=O)O)C(=O)O.NC(CC(=O)O)C(=O)O.[Mg+2]. The Morgan fingerprint density at radius 2 is 0.947 bits per heavy atom. The summed E-state index contributed by atoms with van der Waals surface area (Å²) in [4.78, 5) is 39.2. The molecule has 0 bridgehead atoms. The second-order valence-corrected chi connectivity index (χ2v) is 3.09. The van der Waals surface area contributed by atoms with Crippen LogP contribution in [0.15, 0.2) is 0 Å². The van der Waals surface area contributed by atoms with Gasteiger partial charge in [0.15, 0.2) is 0 Å². The zero-order chi connectivity index (χ0) is 14.9. The minimum atomic E-state index is -1.29. The largest absolute Gasteiger partial charge is 2.00 e. The fraction of sp³-hybridized carbons (Fsp3) is 0.500. The first-order chi connectivity index (χ1) is 8.07. The zero-order valence-electron chi connectivity index (χ0n) is 9.85. The van der Waals surface area contributed by atoms with Crippen molar-refractivity contribution in [3.8, 4) is 0 Å². The predicted molar refractivity (Wildman–Crippen MR) is 61.5 cm³/mol. The summed E-state index contributed by atoms with van der Waals surface area (Å²) in [5.74, 6) is -5.00. The van der Waals surface area contributed by atoms with Crippen molar-refractivity contribution in [3.05, 3.63) is 0 Å². The van der Waals surface area contributed by atoms with Gasteiger partial charge in [0.25, 0.3) is 0 Å². The topological polar surface area (TPSA) is 201 Å². The molecule has 0 saturated carbocycles. The number of hydrogen-bond acceptors (Lipinski definition) is 6. The average molecular weight is 291 g/mol. The molecule has 0 spiro atoms. The quantitative estimate of drug-likeness (QED) is 0.281. The third-order valence-electron chi connectivity index (χ3n) is 1.42. The van der Waals surface area contributed by atoms with Crippen LogP contribution in [0, 0.1) is 0 Å². The molecule has 0 aliphatic heterocycles. The number of carboxylic acid groups (broad SMARTS) is 4. The van der Waals surface area contributed by atoms with Gasteiger partial charge >= 0.3 is 46.9 Å². The van der Waals surface area contributed by atoms with Crippen molar-refractivity contribution in [2.24, 2.45) is 11.5 Å². The molecule has 0 rings (SSSR count). The van der Waals surface area contributed by atoms with Crippen molar-refractivity contribution in [2.45, 2.75) is 24.9 Å². The molecule has 0 aromatic rings. The molecule has 2 atom stereocenters. The predicted octanol–water partition coefficient (Wildman–Crippen LogP) is -2.63. The number of nitrogens with two attached hydrogens (primary N) is 2. The van der Waals surface area contributed by atoms with E-state index in [-0.39, 0.29) is 23.1 Å². The smallest absolute Gasteiger partial charge is 0.481 e. The summed E-state index contributed by atoms with van der Waals surface area (Å²) in [6.07, 6.45) is -1.06. The maximum atomic E-state index is 9.85. The van der Waals surface area contributed by atoms with Crippen LogP contribution in [0.5, 0.6) is 0 Å². The van der Waals surface area contributed by atoms with Gasteiger partial charge in [-0.2, -0.15) is 0 Å². The Morgan fingerprint density at radius 1 is 0.737 bits per heavy atom. The molecular weight excluding hydrogens is 276 g/mol. The molecule has 10 nitrogen and oxygen atoms in total. The molecule has 19 heavy (non-hydrogen) atoms. The van der Waals surface area contributed by atoms with E-state index in [9.17, 15) is 19.2 Å². The van der Waals surface area contributed by atoms with Crippen molar-refractivity contribution in [1.29, 1.82) is 0 Å². The van der Waals surface area contributed by atoms with Crippen LogP contribution in [-0.4, -0.2) is 79.4 Å². The Labute approximate surface area is 123 Å². The molecule has 0 fully saturated rings. The summed E-state index contributed by atoms with van der Waals surface area (Å²) in [7, 11) is 0. The summed E-state index contributed by atoms with van der Waals surface area (Å²) >= 11 is 0. The van der Waals surface area contributed by atoms with Crippen LogP contribution in [0.3, 0.4) is 0 Å². The van der Waals surface area contributed by atoms with Crippen LogP contribution in [0.1, 0.15) is 12.8 Å². The van der Waals surface area contributed by atoms with Gasteiger partial charge in [-0.3, -0.25) is 19.2 Å². The third-order valence-corrected chi connectivity index (χ3v) is 1.42. The van der Waals surface area contributed by atoms with Crippen LogP contribution in [0.4, 0.5) is 0 Å². The normalized spacial score (nSPS) is 11.9. The molecule has 0 aromatic carbocycles. The molecule has 104 valence electrons. The molecular formula is C8H14MgN2O8+2. The number of carboxylic acids is 4. The van der Waals surface area contributed by atoms with Crippen molar-refractivity contribution < 1.29 is 39.6 Å². The van der Waals surface area contributed by atoms with E-state index in [1.165, 1.54) is 0 Å². The average Bonchev–Trinajstić information content (AvgIpc) is 2.16. The van der Waals surface area contributed by atoms with Crippen molar-refractivity contribution in [3.63, 3.8) is 0 Å². The number of rotatable bonds is 6. The van der Waals surface area contributed by atoms with E-state index >= 15 is 0 Å². The summed E-state index contributed by atoms with van der Waals surface area (Å²) in [5.41, 5.74) is 9.67. The fourth-order valence-electron chi connectivity index (χ4n) is 0.551. The van der Waals surface area contributed by atoms with Gasteiger partial charge < -0.3 is 31.9 Å². The second-order valence-electron chi connectivity index (χ2n) is 3.09. The van der Waals surface area contributed by atoms with E-state index in [4.69, 9.17) is 31.9 Å². The molecule has 0 aliphatic rings. The zero-order valence-corrected chi connectivity index (χ0v) is 11.3. The monoisotopic (exact) mass is 290 g/mol. The van der Waals surface area contributed by atoms with Gasteiger partial charge in [0.05, 0.1) is 12.8 Å². The Morgan fingerprint density at radius 3 is 1.00 bits per heavy atom. The Kier molecular flexibility index (Phi) is 13.9.